The van der Waals surface area contributed by atoms with Crippen LogP contribution in [0.2, 0.25) is 5.02 Å². The molecule has 0 radical (unpaired) electrons. The van der Waals surface area contributed by atoms with Crippen LogP contribution in [0.5, 0.6) is 0 Å². The second-order valence-corrected chi connectivity index (χ2v) is 5.50. The zero-order valence-electron chi connectivity index (χ0n) is 10.0. The lowest BCUT2D eigenvalue weighted by atomic mass is 10.1. The molecule has 0 bridgehead atoms. The second kappa shape index (κ2) is 6.18. The average molecular weight is 280 g/mol. The Kier molecular flexibility index (Phi) is 4.58. The number of rotatable bonds is 4. The minimum atomic E-state index is 0.105. The molecule has 1 aromatic carbocycles. The predicted octanol–water partition coefficient (Wildman–Crippen LogP) is 3.17. The maximum atomic E-state index is 6.26. The van der Waals surface area contributed by atoms with Gasteiger partial charge in [-0.05, 0) is 31.0 Å². The standard InChI is InChI=1S/C13H14ClN3S/c1-9(15)7-10-3-2-4-11(14)13(10)18-12-5-6-16-8-17-12/h2-6,8-9H,7,15H2,1H3. The van der Waals surface area contributed by atoms with Crippen LogP contribution >= 0.6 is 23.4 Å². The third-order valence-corrected chi connectivity index (χ3v) is 3.92. The van der Waals surface area contributed by atoms with Crippen molar-refractivity contribution < 1.29 is 0 Å². The fourth-order valence-corrected chi connectivity index (χ4v) is 2.81. The van der Waals surface area contributed by atoms with Gasteiger partial charge < -0.3 is 5.73 Å². The first-order valence-electron chi connectivity index (χ1n) is 5.63. The first kappa shape index (κ1) is 13.3. The Labute approximate surface area is 116 Å². The van der Waals surface area contributed by atoms with E-state index < -0.39 is 0 Å². The molecule has 0 aliphatic carbocycles. The molecule has 1 heterocycles. The van der Waals surface area contributed by atoms with Crippen molar-refractivity contribution in [2.45, 2.75) is 29.3 Å². The molecule has 1 atom stereocenters. The van der Waals surface area contributed by atoms with Gasteiger partial charge in [0.25, 0.3) is 0 Å². The molecular formula is C13H14ClN3S. The highest BCUT2D eigenvalue weighted by Crippen LogP contribution is 2.35. The van der Waals surface area contributed by atoms with E-state index >= 15 is 0 Å². The molecule has 3 nitrogen and oxygen atoms in total. The Morgan fingerprint density at radius 3 is 2.89 bits per heavy atom. The number of hydrogen-bond donors (Lipinski definition) is 1. The van der Waals surface area contributed by atoms with Crippen LogP contribution in [0, 0.1) is 0 Å². The van der Waals surface area contributed by atoms with Gasteiger partial charge in [-0.15, -0.1) is 0 Å². The summed E-state index contributed by atoms with van der Waals surface area (Å²) in [7, 11) is 0. The number of halogens is 1. The predicted molar refractivity (Wildman–Crippen MR) is 75.0 cm³/mol. The topological polar surface area (TPSA) is 51.8 Å². The van der Waals surface area contributed by atoms with E-state index in [2.05, 4.69) is 16.0 Å². The first-order valence-corrected chi connectivity index (χ1v) is 6.83. The Morgan fingerprint density at radius 2 is 2.22 bits per heavy atom. The molecule has 5 heteroatoms. The van der Waals surface area contributed by atoms with E-state index in [1.54, 1.807) is 18.0 Å². The lowest BCUT2D eigenvalue weighted by molar-refractivity contribution is 0.729. The number of hydrogen-bond acceptors (Lipinski definition) is 4. The number of nitrogens with two attached hydrogens (primary N) is 1. The van der Waals surface area contributed by atoms with Gasteiger partial charge in [0.1, 0.15) is 11.4 Å². The third-order valence-electron chi connectivity index (χ3n) is 2.35. The van der Waals surface area contributed by atoms with Crippen molar-refractivity contribution >= 4 is 23.4 Å². The number of aromatic nitrogens is 2. The van der Waals surface area contributed by atoms with Crippen LogP contribution in [-0.2, 0) is 6.42 Å². The molecule has 1 aromatic heterocycles. The Morgan fingerprint density at radius 1 is 1.39 bits per heavy atom. The van der Waals surface area contributed by atoms with E-state index in [1.165, 1.54) is 6.33 Å². The monoisotopic (exact) mass is 279 g/mol. The first-order chi connectivity index (χ1) is 8.66. The number of nitrogens with zero attached hydrogens (tertiary/aromatic N) is 2. The zero-order valence-corrected chi connectivity index (χ0v) is 11.6. The van der Waals surface area contributed by atoms with E-state index in [-0.39, 0.29) is 6.04 Å². The van der Waals surface area contributed by atoms with Crippen LogP contribution in [0.4, 0.5) is 0 Å². The van der Waals surface area contributed by atoms with Gasteiger partial charge in [0, 0.05) is 17.1 Å². The third kappa shape index (κ3) is 3.45. The van der Waals surface area contributed by atoms with Crippen molar-refractivity contribution in [3.63, 3.8) is 0 Å². The van der Waals surface area contributed by atoms with E-state index in [9.17, 15) is 0 Å². The fourth-order valence-electron chi connectivity index (χ4n) is 1.62. The SMILES string of the molecule is CC(N)Cc1cccc(Cl)c1Sc1ccncn1. The van der Waals surface area contributed by atoms with Crippen molar-refractivity contribution in [3.8, 4) is 0 Å². The highest BCUT2D eigenvalue weighted by molar-refractivity contribution is 7.99. The highest BCUT2D eigenvalue weighted by Gasteiger charge is 2.10. The molecule has 2 N–H and O–H groups in total. The lowest BCUT2D eigenvalue weighted by Crippen LogP contribution is -2.18. The van der Waals surface area contributed by atoms with Crippen molar-refractivity contribution in [1.29, 1.82) is 0 Å². The molecule has 0 aliphatic rings. The molecule has 0 fully saturated rings. The summed E-state index contributed by atoms with van der Waals surface area (Å²) in [6, 6.07) is 7.86. The Bertz CT molecular complexity index is 517. The molecule has 2 aromatic rings. The van der Waals surface area contributed by atoms with Gasteiger partial charge in [-0.3, -0.25) is 0 Å². The van der Waals surface area contributed by atoms with Crippen LogP contribution in [0.15, 0.2) is 46.7 Å². The lowest BCUT2D eigenvalue weighted by Gasteiger charge is -2.12. The zero-order chi connectivity index (χ0) is 13.0. The summed E-state index contributed by atoms with van der Waals surface area (Å²) in [6.07, 6.45) is 4.05. The maximum absolute atomic E-state index is 6.26. The summed E-state index contributed by atoms with van der Waals surface area (Å²) < 4.78 is 0. The summed E-state index contributed by atoms with van der Waals surface area (Å²) in [5.74, 6) is 0. The molecule has 1 unspecified atom stereocenters. The molecule has 94 valence electrons. The second-order valence-electron chi connectivity index (χ2n) is 4.06. The van der Waals surface area contributed by atoms with Crippen molar-refractivity contribution in [3.05, 3.63) is 47.4 Å². The quantitative estimate of drug-likeness (QED) is 0.874. The van der Waals surface area contributed by atoms with Crippen LogP contribution in [0.3, 0.4) is 0 Å². The largest absolute Gasteiger partial charge is 0.328 e. The Hall–Kier alpha value is -1.10. The fraction of sp³-hybridized carbons (Fsp3) is 0.231. The van der Waals surface area contributed by atoms with Gasteiger partial charge in [0.15, 0.2) is 0 Å². The van der Waals surface area contributed by atoms with Gasteiger partial charge in [-0.1, -0.05) is 35.5 Å². The smallest absolute Gasteiger partial charge is 0.116 e. The van der Waals surface area contributed by atoms with Gasteiger partial charge in [-0.2, -0.15) is 0 Å². The van der Waals surface area contributed by atoms with Gasteiger partial charge in [0.05, 0.1) is 5.02 Å². The van der Waals surface area contributed by atoms with Crippen molar-refractivity contribution in [2.75, 3.05) is 0 Å². The maximum Gasteiger partial charge on any atom is 0.116 e. The van der Waals surface area contributed by atoms with Crippen LogP contribution in [0.1, 0.15) is 12.5 Å². The number of benzene rings is 1. The van der Waals surface area contributed by atoms with E-state index in [0.29, 0.717) is 0 Å². The van der Waals surface area contributed by atoms with Gasteiger partial charge >= 0.3 is 0 Å². The van der Waals surface area contributed by atoms with E-state index in [1.807, 2.05) is 25.1 Å². The van der Waals surface area contributed by atoms with Crippen LogP contribution < -0.4 is 5.73 Å². The van der Waals surface area contributed by atoms with Gasteiger partial charge in [0.2, 0.25) is 0 Å². The van der Waals surface area contributed by atoms with Crippen molar-refractivity contribution in [1.82, 2.24) is 9.97 Å². The minimum absolute atomic E-state index is 0.105. The van der Waals surface area contributed by atoms with Gasteiger partial charge in [-0.25, -0.2) is 9.97 Å². The molecular weight excluding hydrogens is 266 g/mol. The summed E-state index contributed by atoms with van der Waals surface area (Å²) in [5.41, 5.74) is 7.01. The van der Waals surface area contributed by atoms with E-state index in [0.717, 1.165) is 26.9 Å². The van der Waals surface area contributed by atoms with Crippen LogP contribution in [-0.4, -0.2) is 16.0 Å². The molecule has 0 saturated heterocycles. The summed E-state index contributed by atoms with van der Waals surface area (Å²) in [4.78, 5) is 9.12. The Balaban J connectivity index is 2.31. The molecule has 18 heavy (non-hydrogen) atoms. The van der Waals surface area contributed by atoms with E-state index in [4.69, 9.17) is 17.3 Å². The molecule has 2 rings (SSSR count). The molecule has 0 aliphatic heterocycles. The highest BCUT2D eigenvalue weighted by atomic mass is 35.5. The van der Waals surface area contributed by atoms with Crippen molar-refractivity contribution in [2.24, 2.45) is 5.73 Å². The normalized spacial score (nSPS) is 12.4. The summed E-state index contributed by atoms with van der Waals surface area (Å²) in [6.45, 7) is 1.99. The van der Waals surface area contributed by atoms with Crippen LogP contribution in [0.25, 0.3) is 0 Å². The minimum Gasteiger partial charge on any atom is -0.328 e. The molecule has 0 spiro atoms. The molecule has 0 saturated carbocycles. The average Bonchev–Trinajstić information content (AvgIpc) is 2.34. The molecule has 0 amide bonds. The summed E-state index contributed by atoms with van der Waals surface area (Å²) >= 11 is 7.80. The summed E-state index contributed by atoms with van der Waals surface area (Å²) in [5, 5.41) is 1.61.